The summed E-state index contributed by atoms with van der Waals surface area (Å²) in [6, 6.07) is 4.42. The smallest absolute Gasteiger partial charge is 0.305 e. The summed E-state index contributed by atoms with van der Waals surface area (Å²) in [6.07, 6.45) is -0.387. The van der Waals surface area contributed by atoms with E-state index in [4.69, 9.17) is 10.4 Å². The summed E-state index contributed by atoms with van der Waals surface area (Å²) >= 11 is 0. The average Bonchev–Trinajstić information content (AvgIpc) is 2.23. The zero-order valence-corrected chi connectivity index (χ0v) is 8.20. The number of β-amino-alcohol motifs (C(OH)–C–C–N with tert-alkyl or cyclic N) is 1. The molecule has 0 bridgehead atoms. The van der Waals surface area contributed by atoms with Crippen LogP contribution in [0.1, 0.15) is 5.69 Å². The Morgan fingerprint density at radius 2 is 2.31 bits per heavy atom. The average molecular weight is 220 g/mol. The predicted molar refractivity (Wildman–Crippen MR) is 53.8 cm³/mol. The molecule has 0 spiro atoms. The van der Waals surface area contributed by atoms with Crippen LogP contribution in [-0.2, 0) is 0 Å². The van der Waals surface area contributed by atoms with Gasteiger partial charge in [-0.1, -0.05) is 0 Å². The Labute approximate surface area is 90.7 Å². The molecule has 1 aliphatic rings. The van der Waals surface area contributed by atoms with E-state index in [1.807, 2.05) is 0 Å². The molecule has 7 nitrogen and oxygen atoms in total. The van der Waals surface area contributed by atoms with Gasteiger partial charge >= 0.3 is 5.69 Å². The SMILES string of the molecule is N#Cc1nc(N2CC(O)C2)ccc1[N+](=O)[O-]. The van der Waals surface area contributed by atoms with Crippen molar-refractivity contribution in [2.45, 2.75) is 6.10 Å². The molecule has 16 heavy (non-hydrogen) atoms. The van der Waals surface area contributed by atoms with Gasteiger partial charge in [-0.3, -0.25) is 10.1 Å². The van der Waals surface area contributed by atoms with Crippen molar-refractivity contribution in [3.05, 3.63) is 27.9 Å². The molecule has 1 aromatic heterocycles. The summed E-state index contributed by atoms with van der Waals surface area (Å²) < 4.78 is 0. The highest BCUT2D eigenvalue weighted by molar-refractivity contribution is 5.52. The van der Waals surface area contributed by atoms with Gasteiger partial charge in [0.05, 0.1) is 11.0 Å². The van der Waals surface area contributed by atoms with E-state index in [1.165, 1.54) is 12.1 Å². The summed E-state index contributed by atoms with van der Waals surface area (Å²) in [5.41, 5.74) is -0.504. The van der Waals surface area contributed by atoms with Crippen LogP contribution < -0.4 is 4.90 Å². The van der Waals surface area contributed by atoms with Crippen LogP contribution in [0.5, 0.6) is 0 Å². The van der Waals surface area contributed by atoms with Gasteiger partial charge in [0.15, 0.2) is 0 Å². The van der Waals surface area contributed by atoms with E-state index in [0.29, 0.717) is 18.9 Å². The van der Waals surface area contributed by atoms with Crippen LogP contribution in [0.2, 0.25) is 0 Å². The van der Waals surface area contributed by atoms with Crippen LogP contribution >= 0.6 is 0 Å². The van der Waals surface area contributed by atoms with E-state index in [2.05, 4.69) is 4.98 Å². The van der Waals surface area contributed by atoms with Gasteiger partial charge in [0.25, 0.3) is 0 Å². The maximum Gasteiger partial charge on any atom is 0.305 e. The Morgan fingerprint density at radius 1 is 1.62 bits per heavy atom. The molecule has 0 atom stereocenters. The van der Waals surface area contributed by atoms with Crippen LogP contribution in [-0.4, -0.2) is 34.2 Å². The highest BCUT2D eigenvalue weighted by Gasteiger charge is 2.27. The normalized spacial score (nSPS) is 15.4. The van der Waals surface area contributed by atoms with E-state index in [0.717, 1.165) is 0 Å². The predicted octanol–water partition coefficient (Wildman–Crippen LogP) is 0.0424. The summed E-state index contributed by atoms with van der Waals surface area (Å²) in [5, 5.41) is 28.4. The highest BCUT2D eigenvalue weighted by Crippen LogP contribution is 2.23. The zero-order valence-electron chi connectivity index (χ0n) is 8.20. The number of anilines is 1. The van der Waals surface area contributed by atoms with E-state index in [9.17, 15) is 10.1 Å². The number of hydrogen-bond acceptors (Lipinski definition) is 6. The number of aromatic nitrogens is 1. The molecule has 1 fully saturated rings. The minimum absolute atomic E-state index is 0.205. The largest absolute Gasteiger partial charge is 0.389 e. The summed E-state index contributed by atoms with van der Waals surface area (Å²) in [6.45, 7) is 0.880. The van der Waals surface area contributed by atoms with Gasteiger partial charge in [0.1, 0.15) is 11.9 Å². The molecule has 1 N–H and O–H groups in total. The second-order valence-corrected chi connectivity index (χ2v) is 3.46. The van der Waals surface area contributed by atoms with Crippen molar-refractivity contribution in [1.29, 1.82) is 5.26 Å². The van der Waals surface area contributed by atoms with Crippen molar-refractivity contribution >= 4 is 11.5 Å². The number of rotatable bonds is 2. The van der Waals surface area contributed by atoms with Crippen LogP contribution in [0.4, 0.5) is 11.5 Å². The molecular weight excluding hydrogens is 212 g/mol. The molecule has 0 unspecified atom stereocenters. The van der Waals surface area contributed by atoms with Gasteiger partial charge in [0, 0.05) is 19.2 Å². The monoisotopic (exact) mass is 220 g/mol. The Kier molecular flexibility index (Phi) is 2.42. The zero-order chi connectivity index (χ0) is 11.7. The molecule has 2 heterocycles. The summed E-state index contributed by atoms with van der Waals surface area (Å²) in [5.74, 6) is 0.479. The van der Waals surface area contributed by atoms with E-state index in [1.54, 1.807) is 11.0 Å². The first-order valence-electron chi connectivity index (χ1n) is 4.60. The molecule has 82 valence electrons. The molecular formula is C9H8N4O3. The van der Waals surface area contributed by atoms with Gasteiger partial charge in [0.2, 0.25) is 5.69 Å². The fourth-order valence-corrected chi connectivity index (χ4v) is 1.49. The van der Waals surface area contributed by atoms with Crippen LogP contribution in [0.3, 0.4) is 0 Å². The third-order valence-electron chi connectivity index (χ3n) is 2.35. The van der Waals surface area contributed by atoms with Crippen molar-refractivity contribution in [2.75, 3.05) is 18.0 Å². The lowest BCUT2D eigenvalue weighted by Gasteiger charge is -2.36. The third kappa shape index (κ3) is 1.66. The summed E-state index contributed by atoms with van der Waals surface area (Å²) in [7, 11) is 0. The summed E-state index contributed by atoms with van der Waals surface area (Å²) in [4.78, 5) is 15.5. The van der Waals surface area contributed by atoms with Crippen molar-refractivity contribution in [3.63, 3.8) is 0 Å². The maximum atomic E-state index is 10.6. The quantitative estimate of drug-likeness (QED) is 0.557. The second kappa shape index (κ2) is 3.75. The number of nitro groups is 1. The van der Waals surface area contributed by atoms with Gasteiger partial charge in [-0.2, -0.15) is 5.26 Å². The number of aliphatic hydroxyl groups excluding tert-OH is 1. The Morgan fingerprint density at radius 3 is 2.81 bits per heavy atom. The minimum atomic E-state index is -0.639. The Bertz CT molecular complexity index is 476. The van der Waals surface area contributed by atoms with E-state index >= 15 is 0 Å². The first-order chi connectivity index (χ1) is 7.61. The van der Waals surface area contributed by atoms with Crippen LogP contribution in [0, 0.1) is 21.4 Å². The molecule has 0 amide bonds. The molecule has 0 aliphatic carbocycles. The van der Waals surface area contributed by atoms with Gasteiger partial charge in [-0.15, -0.1) is 0 Å². The van der Waals surface area contributed by atoms with Crippen molar-refractivity contribution in [1.82, 2.24) is 4.98 Å². The second-order valence-electron chi connectivity index (χ2n) is 3.46. The van der Waals surface area contributed by atoms with Gasteiger partial charge in [-0.25, -0.2) is 4.98 Å². The number of hydrogen-bond donors (Lipinski definition) is 1. The van der Waals surface area contributed by atoms with E-state index in [-0.39, 0.29) is 17.5 Å². The molecule has 0 saturated carbocycles. The molecule has 1 saturated heterocycles. The van der Waals surface area contributed by atoms with Crippen LogP contribution in [0.25, 0.3) is 0 Å². The van der Waals surface area contributed by atoms with Crippen molar-refractivity contribution < 1.29 is 10.0 Å². The first-order valence-corrected chi connectivity index (χ1v) is 4.60. The number of aliphatic hydroxyl groups is 1. The fourth-order valence-electron chi connectivity index (χ4n) is 1.49. The fraction of sp³-hybridized carbons (Fsp3) is 0.333. The molecule has 7 heteroatoms. The third-order valence-corrected chi connectivity index (χ3v) is 2.35. The lowest BCUT2D eigenvalue weighted by atomic mass is 10.1. The standard InChI is InChI=1S/C9H8N4O3/c10-3-7-8(13(15)16)1-2-9(11-7)12-4-6(14)5-12/h1-2,6,14H,4-5H2. The molecule has 1 aromatic rings. The lowest BCUT2D eigenvalue weighted by Crippen LogP contribution is -2.51. The van der Waals surface area contributed by atoms with E-state index < -0.39 is 4.92 Å². The maximum absolute atomic E-state index is 10.6. The minimum Gasteiger partial charge on any atom is -0.389 e. The topological polar surface area (TPSA) is 103 Å². The number of nitriles is 1. The van der Waals surface area contributed by atoms with Crippen molar-refractivity contribution in [3.8, 4) is 6.07 Å². The molecule has 2 rings (SSSR count). The van der Waals surface area contributed by atoms with Gasteiger partial charge in [-0.05, 0) is 6.07 Å². The number of pyridine rings is 1. The molecule has 0 aromatic carbocycles. The lowest BCUT2D eigenvalue weighted by molar-refractivity contribution is -0.385. The molecule has 0 radical (unpaired) electrons. The highest BCUT2D eigenvalue weighted by atomic mass is 16.6. The molecule has 1 aliphatic heterocycles. The van der Waals surface area contributed by atoms with Crippen LogP contribution in [0.15, 0.2) is 12.1 Å². The Hall–Kier alpha value is -2.20. The number of nitrogens with zero attached hydrogens (tertiary/aromatic N) is 4. The Balaban J connectivity index is 2.31. The first kappa shape index (κ1) is 10.3. The van der Waals surface area contributed by atoms with Gasteiger partial charge < -0.3 is 10.0 Å². The van der Waals surface area contributed by atoms with Crippen molar-refractivity contribution in [2.24, 2.45) is 0 Å².